The molecule has 0 unspecified atom stereocenters. The van der Waals surface area contributed by atoms with Gasteiger partial charge in [0.05, 0.1) is 6.04 Å². The van der Waals surface area contributed by atoms with Crippen molar-refractivity contribution in [2.24, 2.45) is 0 Å². The Morgan fingerprint density at radius 2 is 1.71 bits per heavy atom. The van der Waals surface area contributed by atoms with Gasteiger partial charge >= 0.3 is 0 Å². The molecule has 0 bridgehead atoms. The maximum Gasteiger partial charge on any atom is 0.279 e. The average molecular weight is 382 g/mol. The lowest BCUT2D eigenvalue weighted by atomic mass is 9.98. The standard InChI is InChI=1S/C19H16BrN3O/c1-11-3-5-13(6-4-11)18-16-12(2)21-22-17(16)19(24)23(18)15-9-7-14(20)8-10-15/h3-10,18H,1-2H3,(H,21,22)/t18-/m0/s1. The molecule has 5 heteroatoms. The van der Waals surface area contributed by atoms with Gasteiger partial charge in [0.15, 0.2) is 5.69 Å². The minimum absolute atomic E-state index is 0.0674. The Kier molecular flexibility index (Phi) is 3.53. The lowest BCUT2D eigenvalue weighted by Crippen LogP contribution is -2.29. The molecule has 0 spiro atoms. The second-order valence-electron chi connectivity index (χ2n) is 6.08. The molecule has 1 aromatic heterocycles. The molecular formula is C19H16BrN3O. The number of hydrogen-bond donors (Lipinski definition) is 1. The Morgan fingerprint density at radius 3 is 2.38 bits per heavy atom. The van der Waals surface area contributed by atoms with Crippen molar-refractivity contribution >= 4 is 27.5 Å². The normalized spacial score (nSPS) is 16.5. The fourth-order valence-corrected chi connectivity index (χ4v) is 3.49. The number of H-pyrrole nitrogens is 1. The second kappa shape index (κ2) is 5.60. The zero-order valence-corrected chi connectivity index (χ0v) is 15.0. The van der Waals surface area contributed by atoms with Crippen molar-refractivity contribution in [3.63, 3.8) is 0 Å². The van der Waals surface area contributed by atoms with Crippen LogP contribution in [0.4, 0.5) is 5.69 Å². The minimum atomic E-state index is -0.159. The Labute approximate surface area is 148 Å². The topological polar surface area (TPSA) is 49.0 Å². The number of aromatic nitrogens is 2. The molecule has 1 atom stereocenters. The van der Waals surface area contributed by atoms with Crippen molar-refractivity contribution in [1.82, 2.24) is 10.2 Å². The van der Waals surface area contributed by atoms with E-state index in [4.69, 9.17) is 0 Å². The van der Waals surface area contributed by atoms with Gasteiger partial charge in [0, 0.05) is 21.4 Å². The zero-order chi connectivity index (χ0) is 16.8. The Morgan fingerprint density at radius 1 is 1.04 bits per heavy atom. The molecular weight excluding hydrogens is 366 g/mol. The van der Waals surface area contributed by atoms with Crippen LogP contribution in [0.2, 0.25) is 0 Å². The number of carbonyl (C=O) groups is 1. The number of aryl methyl sites for hydroxylation is 2. The van der Waals surface area contributed by atoms with Crippen LogP contribution in [0, 0.1) is 13.8 Å². The molecule has 1 N–H and O–H groups in total. The first-order chi connectivity index (χ1) is 11.6. The Bertz CT molecular complexity index is 913. The van der Waals surface area contributed by atoms with Crippen LogP contribution >= 0.6 is 15.9 Å². The van der Waals surface area contributed by atoms with Gasteiger partial charge in [-0.1, -0.05) is 45.8 Å². The SMILES string of the molecule is Cc1ccc([C@H]2c3c(n[nH]c3C)C(=O)N2c2ccc(Br)cc2)cc1. The lowest BCUT2D eigenvalue weighted by molar-refractivity contribution is 0.0989. The fourth-order valence-electron chi connectivity index (χ4n) is 3.23. The number of aromatic amines is 1. The zero-order valence-electron chi connectivity index (χ0n) is 13.4. The Hall–Kier alpha value is -2.40. The van der Waals surface area contributed by atoms with Crippen molar-refractivity contribution < 1.29 is 4.79 Å². The first-order valence-corrected chi connectivity index (χ1v) is 8.56. The summed E-state index contributed by atoms with van der Waals surface area (Å²) >= 11 is 3.45. The van der Waals surface area contributed by atoms with Gasteiger partial charge in [0.25, 0.3) is 5.91 Å². The molecule has 4 rings (SSSR count). The van der Waals surface area contributed by atoms with E-state index in [9.17, 15) is 4.79 Å². The van der Waals surface area contributed by atoms with Crippen LogP contribution in [0.25, 0.3) is 0 Å². The van der Waals surface area contributed by atoms with E-state index in [-0.39, 0.29) is 11.9 Å². The second-order valence-corrected chi connectivity index (χ2v) is 6.99. The van der Waals surface area contributed by atoms with Crippen molar-refractivity contribution in [3.8, 4) is 0 Å². The maximum absolute atomic E-state index is 13.0. The molecule has 0 radical (unpaired) electrons. The highest BCUT2D eigenvalue weighted by atomic mass is 79.9. The van der Waals surface area contributed by atoms with Crippen molar-refractivity contribution in [2.75, 3.05) is 4.90 Å². The number of halogens is 1. The van der Waals surface area contributed by atoms with E-state index in [2.05, 4.69) is 57.3 Å². The summed E-state index contributed by atoms with van der Waals surface area (Å²) in [5.41, 5.74) is 5.56. The molecule has 4 nitrogen and oxygen atoms in total. The monoisotopic (exact) mass is 381 g/mol. The van der Waals surface area contributed by atoms with Crippen LogP contribution in [0.3, 0.4) is 0 Å². The van der Waals surface area contributed by atoms with Crippen LogP contribution in [-0.2, 0) is 0 Å². The number of amides is 1. The number of nitrogens with one attached hydrogen (secondary N) is 1. The van der Waals surface area contributed by atoms with Crippen LogP contribution < -0.4 is 4.90 Å². The number of nitrogens with zero attached hydrogens (tertiary/aromatic N) is 2. The number of rotatable bonds is 2. The third-order valence-corrected chi connectivity index (χ3v) is 4.97. The first-order valence-electron chi connectivity index (χ1n) is 7.77. The van der Waals surface area contributed by atoms with Crippen LogP contribution in [-0.4, -0.2) is 16.1 Å². The van der Waals surface area contributed by atoms with Gasteiger partial charge in [0.2, 0.25) is 0 Å². The summed E-state index contributed by atoms with van der Waals surface area (Å²) in [6.45, 7) is 4.02. The predicted molar refractivity (Wildman–Crippen MR) is 97.3 cm³/mol. The van der Waals surface area contributed by atoms with Gasteiger partial charge in [-0.25, -0.2) is 0 Å². The van der Waals surface area contributed by atoms with Gasteiger partial charge in [-0.05, 0) is 43.7 Å². The van der Waals surface area contributed by atoms with Crippen LogP contribution in [0.15, 0.2) is 53.0 Å². The summed E-state index contributed by atoms with van der Waals surface area (Å²) in [7, 11) is 0. The van der Waals surface area contributed by atoms with E-state index in [1.54, 1.807) is 0 Å². The van der Waals surface area contributed by atoms with E-state index in [1.165, 1.54) is 5.56 Å². The predicted octanol–water partition coefficient (Wildman–Crippen LogP) is 4.54. The average Bonchev–Trinajstić information content (AvgIpc) is 3.09. The highest BCUT2D eigenvalue weighted by Gasteiger charge is 2.42. The van der Waals surface area contributed by atoms with Gasteiger partial charge in [-0.3, -0.25) is 14.8 Å². The molecule has 3 aromatic rings. The summed E-state index contributed by atoms with van der Waals surface area (Å²) in [6, 6.07) is 16.0. The molecule has 2 aromatic carbocycles. The highest BCUT2D eigenvalue weighted by Crippen LogP contribution is 2.42. The summed E-state index contributed by atoms with van der Waals surface area (Å²) in [5, 5.41) is 7.20. The van der Waals surface area contributed by atoms with Gasteiger partial charge in [-0.15, -0.1) is 0 Å². The molecule has 0 aliphatic carbocycles. The molecule has 120 valence electrons. The molecule has 1 aliphatic rings. The van der Waals surface area contributed by atoms with E-state index < -0.39 is 0 Å². The van der Waals surface area contributed by atoms with E-state index in [0.717, 1.165) is 27.0 Å². The van der Waals surface area contributed by atoms with Gasteiger partial charge < -0.3 is 0 Å². The highest BCUT2D eigenvalue weighted by molar-refractivity contribution is 9.10. The largest absolute Gasteiger partial charge is 0.295 e. The molecule has 0 saturated heterocycles. The van der Waals surface area contributed by atoms with E-state index >= 15 is 0 Å². The summed E-state index contributed by atoms with van der Waals surface area (Å²) in [4.78, 5) is 14.8. The summed E-state index contributed by atoms with van der Waals surface area (Å²) < 4.78 is 0.986. The van der Waals surface area contributed by atoms with Gasteiger partial charge in [-0.2, -0.15) is 5.10 Å². The number of anilines is 1. The lowest BCUT2D eigenvalue weighted by Gasteiger charge is -2.26. The smallest absolute Gasteiger partial charge is 0.279 e. The van der Waals surface area contributed by atoms with E-state index in [0.29, 0.717) is 5.69 Å². The molecule has 1 aliphatic heterocycles. The molecule has 24 heavy (non-hydrogen) atoms. The number of fused-ring (bicyclic) bond motifs is 1. The van der Waals surface area contributed by atoms with Crippen LogP contribution in [0.1, 0.15) is 38.9 Å². The summed E-state index contributed by atoms with van der Waals surface area (Å²) in [6.07, 6.45) is 0. The number of hydrogen-bond acceptors (Lipinski definition) is 2. The minimum Gasteiger partial charge on any atom is -0.295 e. The van der Waals surface area contributed by atoms with Crippen LogP contribution in [0.5, 0.6) is 0 Å². The fraction of sp³-hybridized carbons (Fsp3) is 0.158. The first kappa shape index (κ1) is 15.1. The summed E-state index contributed by atoms with van der Waals surface area (Å²) in [5.74, 6) is -0.0674. The third-order valence-electron chi connectivity index (χ3n) is 4.45. The maximum atomic E-state index is 13.0. The molecule has 0 saturated carbocycles. The van der Waals surface area contributed by atoms with Gasteiger partial charge in [0.1, 0.15) is 0 Å². The molecule has 2 heterocycles. The number of carbonyl (C=O) groups excluding carboxylic acids is 1. The number of benzene rings is 2. The van der Waals surface area contributed by atoms with E-state index in [1.807, 2.05) is 36.1 Å². The van der Waals surface area contributed by atoms with Crippen molar-refractivity contribution in [3.05, 3.63) is 81.1 Å². The molecule has 1 amide bonds. The Balaban J connectivity index is 1.89. The van der Waals surface area contributed by atoms with Crippen molar-refractivity contribution in [2.45, 2.75) is 19.9 Å². The quantitative estimate of drug-likeness (QED) is 0.708. The third kappa shape index (κ3) is 2.27. The van der Waals surface area contributed by atoms with Crippen molar-refractivity contribution in [1.29, 1.82) is 0 Å². The molecule has 0 fully saturated rings.